The molecule has 6 nitrogen and oxygen atoms in total. The fourth-order valence-electron chi connectivity index (χ4n) is 3.63. The Morgan fingerprint density at radius 3 is 2.88 bits per heavy atom. The standard InChI is InChI=1S/C20H23N3O3/c1-12-9-15-16(10-13(12)2)22-19(21-15)17-5-3-4-8-23(17)20(25)18-7-6-14(11-24)26-18/h6-7,9-10,17,24H,3-5,8,11H2,1-2H3,(H,21,22). The maximum Gasteiger partial charge on any atom is 0.290 e. The summed E-state index contributed by atoms with van der Waals surface area (Å²) < 4.78 is 5.45. The summed E-state index contributed by atoms with van der Waals surface area (Å²) in [4.78, 5) is 23.0. The van der Waals surface area contributed by atoms with Gasteiger partial charge in [0.1, 0.15) is 18.2 Å². The van der Waals surface area contributed by atoms with Crippen molar-refractivity contribution in [2.24, 2.45) is 0 Å². The Hall–Kier alpha value is -2.60. The van der Waals surface area contributed by atoms with E-state index in [9.17, 15) is 4.79 Å². The first-order valence-electron chi connectivity index (χ1n) is 9.04. The lowest BCUT2D eigenvalue weighted by Gasteiger charge is -2.33. The second-order valence-corrected chi connectivity index (χ2v) is 7.01. The highest BCUT2D eigenvalue weighted by Gasteiger charge is 2.32. The summed E-state index contributed by atoms with van der Waals surface area (Å²) >= 11 is 0. The first-order chi connectivity index (χ1) is 12.6. The third-order valence-electron chi connectivity index (χ3n) is 5.22. The number of hydrogen-bond donors (Lipinski definition) is 2. The molecule has 1 amide bonds. The van der Waals surface area contributed by atoms with Gasteiger partial charge in [-0.3, -0.25) is 4.79 Å². The minimum atomic E-state index is -0.209. The Balaban J connectivity index is 1.68. The molecular weight excluding hydrogens is 330 g/mol. The van der Waals surface area contributed by atoms with Gasteiger partial charge in [0.2, 0.25) is 0 Å². The quantitative estimate of drug-likeness (QED) is 0.753. The number of nitrogens with one attached hydrogen (secondary N) is 1. The largest absolute Gasteiger partial charge is 0.453 e. The molecular formula is C20H23N3O3. The van der Waals surface area contributed by atoms with Gasteiger partial charge in [-0.15, -0.1) is 0 Å². The van der Waals surface area contributed by atoms with Crippen molar-refractivity contribution in [2.45, 2.75) is 45.8 Å². The van der Waals surface area contributed by atoms with E-state index in [-0.39, 0.29) is 24.3 Å². The number of aromatic nitrogens is 2. The van der Waals surface area contributed by atoms with Crippen LogP contribution in [0.4, 0.5) is 0 Å². The Labute approximate surface area is 151 Å². The summed E-state index contributed by atoms with van der Waals surface area (Å²) in [6.07, 6.45) is 2.90. The highest BCUT2D eigenvalue weighted by molar-refractivity contribution is 5.92. The number of aliphatic hydroxyl groups excluding tert-OH is 1. The normalized spacial score (nSPS) is 17.8. The van der Waals surface area contributed by atoms with Gasteiger partial charge in [-0.25, -0.2) is 4.98 Å². The molecule has 0 radical (unpaired) electrons. The van der Waals surface area contributed by atoms with E-state index in [1.54, 1.807) is 12.1 Å². The number of piperidine rings is 1. The van der Waals surface area contributed by atoms with Crippen LogP contribution in [0.5, 0.6) is 0 Å². The Morgan fingerprint density at radius 1 is 1.31 bits per heavy atom. The van der Waals surface area contributed by atoms with Crippen LogP contribution in [0, 0.1) is 13.8 Å². The van der Waals surface area contributed by atoms with Crippen LogP contribution >= 0.6 is 0 Å². The van der Waals surface area contributed by atoms with Crippen molar-refractivity contribution in [3.05, 3.63) is 52.7 Å². The number of carbonyl (C=O) groups is 1. The van der Waals surface area contributed by atoms with Gasteiger partial charge >= 0.3 is 0 Å². The molecule has 1 fully saturated rings. The van der Waals surface area contributed by atoms with Crippen LogP contribution < -0.4 is 0 Å². The molecule has 1 saturated heterocycles. The number of rotatable bonds is 3. The molecule has 1 aromatic carbocycles. The van der Waals surface area contributed by atoms with Crippen molar-refractivity contribution < 1.29 is 14.3 Å². The average molecular weight is 353 g/mol. The Morgan fingerprint density at radius 2 is 2.12 bits per heavy atom. The zero-order chi connectivity index (χ0) is 18.3. The molecule has 1 aliphatic rings. The average Bonchev–Trinajstić information content (AvgIpc) is 3.28. The van der Waals surface area contributed by atoms with E-state index in [1.807, 2.05) is 4.90 Å². The maximum atomic E-state index is 12.9. The molecule has 6 heteroatoms. The molecule has 3 aromatic rings. The monoisotopic (exact) mass is 353 g/mol. The zero-order valence-corrected chi connectivity index (χ0v) is 15.1. The first kappa shape index (κ1) is 16.8. The summed E-state index contributed by atoms with van der Waals surface area (Å²) in [6.45, 7) is 4.63. The number of aliphatic hydroxyl groups is 1. The number of nitrogens with zero attached hydrogens (tertiary/aromatic N) is 2. The number of fused-ring (bicyclic) bond motifs is 1. The zero-order valence-electron chi connectivity index (χ0n) is 15.1. The molecule has 0 aliphatic carbocycles. The van der Waals surface area contributed by atoms with Gasteiger partial charge in [-0.05, 0) is 68.5 Å². The second-order valence-electron chi connectivity index (χ2n) is 7.01. The number of aromatic amines is 1. The van der Waals surface area contributed by atoms with E-state index < -0.39 is 0 Å². The predicted octanol–water partition coefficient (Wildman–Crippen LogP) is 3.63. The number of amides is 1. The molecule has 1 aliphatic heterocycles. The van der Waals surface area contributed by atoms with Gasteiger partial charge in [-0.2, -0.15) is 0 Å². The number of furan rings is 1. The number of carbonyl (C=O) groups excluding carboxylic acids is 1. The second kappa shape index (κ2) is 6.61. The molecule has 0 spiro atoms. The number of likely N-dealkylation sites (tertiary alicyclic amines) is 1. The van der Waals surface area contributed by atoms with Crippen molar-refractivity contribution in [3.63, 3.8) is 0 Å². The molecule has 26 heavy (non-hydrogen) atoms. The van der Waals surface area contributed by atoms with E-state index in [4.69, 9.17) is 14.5 Å². The van der Waals surface area contributed by atoms with Crippen molar-refractivity contribution in [1.82, 2.24) is 14.9 Å². The summed E-state index contributed by atoms with van der Waals surface area (Å²) in [6, 6.07) is 7.37. The van der Waals surface area contributed by atoms with E-state index in [2.05, 4.69) is 31.0 Å². The lowest BCUT2D eigenvalue weighted by molar-refractivity contribution is 0.0564. The first-order valence-corrected chi connectivity index (χ1v) is 9.04. The van der Waals surface area contributed by atoms with Gasteiger partial charge in [0, 0.05) is 6.54 Å². The molecule has 136 valence electrons. The Kier molecular flexibility index (Phi) is 4.28. The third-order valence-corrected chi connectivity index (χ3v) is 5.22. The van der Waals surface area contributed by atoms with Gasteiger partial charge in [0.25, 0.3) is 5.91 Å². The van der Waals surface area contributed by atoms with Gasteiger partial charge in [-0.1, -0.05) is 0 Å². The molecule has 2 N–H and O–H groups in total. The number of H-pyrrole nitrogens is 1. The fourth-order valence-corrected chi connectivity index (χ4v) is 3.63. The van der Waals surface area contributed by atoms with E-state index in [1.165, 1.54) is 11.1 Å². The summed E-state index contributed by atoms with van der Waals surface area (Å²) in [5.74, 6) is 1.34. The lowest BCUT2D eigenvalue weighted by Crippen LogP contribution is -2.38. The topological polar surface area (TPSA) is 82.4 Å². The van der Waals surface area contributed by atoms with Crippen LogP contribution in [0.3, 0.4) is 0 Å². The molecule has 4 rings (SSSR count). The summed E-state index contributed by atoms with van der Waals surface area (Å²) in [5.41, 5.74) is 4.36. The smallest absolute Gasteiger partial charge is 0.290 e. The SMILES string of the molecule is Cc1cc2nc(C3CCCCN3C(=O)c3ccc(CO)o3)[nH]c2cc1C. The van der Waals surface area contributed by atoms with E-state index in [0.717, 1.165) is 36.1 Å². The van der Waals surface area contributed by atoms with Gasteiger partial charge in [0.05, 0.1) is 17.1 Å². The van der Waals surface area contributed by atoms with Crippen molar-refractivity contribution in [1.29, 1.82) is 0 Å². The predicted molar refractivity (Wildman–Crippen MR) is 97.8 cm³/mol. The lowest BCUT2D eigenvalue weighted by atomic mass is 10.0. The van der Waals surface area contributed by atoms with E-state index >= 15 is 0 Å². The molecule has 1 atom stereocenters. The third kappa shape index (κ3) is 2.90. The van der Waals surface area contributed by atoms with Crippen LogP contribution in [0.15, 0.2) is 28.7 Å². The molecule has 2 aromatic heterocycles. The summed E-state index contributed by atoms with van der Waals surface area (Å²) in [7, 11) is 0. The van der Waals surface area contributed by atoms with Crippen molar-refractivity contribution in [3.8, 4) is 0 Å². The van der Waals surface area contributed by atoms with Crippen LogP contribution in [0.25, 0.3) is 11.0 Å². The van der Waals surface area contributed by atoms with Crippen molar-refractivity contribution in [2.75, 3.05) is 6.54 Å². The Bertz CT molecular complexity index is 918. The fraction of sp³-hybridized carbons (Fsp3) is 0.400. The maximum absolute atomic E-state index is 12.9. The van der Waals surface area contributed by atoms with Crippen LogP contribution in [0.1, 0.15) is 58.6 Å². The van der Waals surface area contributed by atoms with Crippen molar-refractivity contribution >= 4 is 16.9 Å². The van der Waals surface area contributed by atoms with Gasteiger partial charge < -0.3 is 19.4 Å². The highest BCUT2D eigenvalue weighted by Crippen LogP contribution is 2.32. The van der Waals surface area contributed by atoms with Crippen LogP contribution in [-0.2, 0) is 6.61 Å². The minimum Gasteiger partial charge on any atom is -0.453 e. The molecule has 1 unspecified atom stereocenters. The van der Waals surface area contributed by atoms with Crippen LogP contribution in [0.2, 0.25) is 0 Å². The van der Waals surface area contributed by atoms with Crippen LogP contribution in [-0.4, -0.2) is 32.4 Å². The minimum absolute atomic E-state index is 0.0908. The summed E-state index contributed by atoms with van der Waals surface area (Å²) in [5, 5.41) is 9.16. The molecule has 0 saturated carbocycles. The van der Waals surface area contributed by atoms with Gasteiger partial charge in [0.15, 0.2) is 5.76 Å². The van der Waals surface area contributed by atoms with E-state index in [0.29, 0.717) is 12.3 Å². The highest BCUT2D eigenvalue weighted by atomic mass is 16.4. The number of benzene rings is 1. The number of hydrogen-bond acceptors (Lipinski definition) is 4. The molecule has 0 bridgehead atoms. The molecule has 3 heterocycles. The number of imidazole rings is 1. The number of aryl methyl sites for hydroxylation is 2.